The van der Waals surface area contributed by atoms with Crippen molar-refractivity contribution in [1.82, 2.24) is 24.8 Å². The highest BCUT2D eigenvalue weighted by atomic mass is 35.5. The molecule has 0 aliphatic carbocycles. The molecule has 0 spiro atoms. The number of amides is 1. The zero-order valence-corrected chi connectivity index (χ0v) is 27.7. The van der Waals surface area contributed by atoms with Gasteiger partial charge in [0.1, 0.15) is 11.6 Å². The fourth-order valence-corrected chi connectivity index (χ4v) is 7.95. The molecule has 11 nitrogen and oxygen atoms in total. The number of fused-ring (bicyclic) bond motifs is 1. The lowest BCUT2D eigenvalue weighted by Gasteiger charge is -2.39. The Morgan fingerprint density at radius 3 is 2.36 bits per heavy atom. The second-order valence-corrected chi connectivity index (χ2v) is 13.8. The van der Waals surface area contributed by atoms with Crippen molar-refractivity contribution in [2.24, 2.45) is 0 Å². The van der Waals surface area contributed by atoms with Crippen LogP contribution < -0.4 is 10.2 Å². The Balaban J connectivity index is 1.44. The summed E-state index contributed by atoms with van der Waals surface area (Å²) in [5.41, 5.74) is 3.32. The normalized spacial score (nSPS) is 15.7. The number of carbonyl (C=O) groups excluding carboxylic acids is 2. The Labute approximate surface area is 271 Å². The molecule has 238 valence electrons. The van der Waals surface area contributed by atoms with E-state index in [1.54, 1.807) is 31.2 Å². The summed E-state index contributed by atoms with van der Waals surface area (Å²) in [6.07, 6.45) is 2.79. The molecule has 1 atom stereocenters. The number of halogens is 1. The van der Waals surface area contributed by atoms with Crippen molar-refractivity contribution in [3.63, 3.8) is 0 Å². The van der Waals surface area contributed by atoms with Gasteiger partial charge in [-0.3, -0.25) is 4.79 Å². The Morgan fingerprint density at radius 2 is 1.69 bits per heavy atom. The number of anilines is 1. The molecule has 0 bridgehead atoms. The molecule has 14 heteroatoms. The van der Waals surface area contributed by atoms with Crippen molar-refractivity contribution < 1.29 is 22.7 Å². The number of piperazine rings is 1. The lowest BCUT2D eigenvalue weighted by Crippen LogP contribution is -2.60. The van der Waals surface area contributed by atoms with Crippen LogP contribution in [-0.2, 0) is 38.9 Å². The molecule has 1 N–H and O–H groups in total. The van der Waals surface area contributed by atoms with Gasteiger partial charge in [-0.2, -0.15) is 4.31 Å². The van der Waals surface area contributed by atoms with Crippen molar-refractivity contribution in [2.75, 3.05) is 31.1 Å². The van der Waals surface area contributed by atoms with E-state index in [0.717, 1.165) is 30.4 Å². The molecule has 45 heavy (non-hydrogen) atoms. The molecule has 2 aromatic heterocycles. The van der Waals surface area contributed by atoms with Crippen LogP contribution in [0.2, 0.25) is 5.15 Å². The molecule has 1 saturated heterocycles. The van der Waals surface area contributed by atoms with Crippen LogP contribution in [0.4, 0.5) is 5.13 Å². The maximum Gasteiger partial charge on any atom is 0.361 e. The van der Waals surface area contributed by atoms with Crippen LogP contribution in [0.25, 0.3) is 10.2 Å². The van der Waals surface area contributed by atoms with Gasteiger partial charge in [0.25, 0.3) is 0 Å². The second kappa shape index (κ2) is 14.2. The van der Waals surface area contributed by atoms with Gasteiger partial charge in [-0.15, -0.1) is 10.2 Å². The molecule has 0 radical (unpaired) electrons. The van der Waals surface area contributed by atoms with Crippen LogP contribution in [-0.4, -0.2) is 72.1 Å². The highest BCUT2D eigenvalue weighted by Gasteiger charge is 2.41. The average Bonchev–Trinajstić information content (AvgIpc) is 3.51. The SMILES string of the molecule is CCCc1ccc(CNC(=O)C2CN(c3nc4c(C(=O)OCC)nnc(Cl)c4s3)CCN2S(=O)(=O)c2ccc(CC)cc2)cc1. The van der Waals surface area contributed by atoms with Crippen molar-refractivity contribution in [2.45, 2.75) is 57.5 Å². The highest BCUT2D eigenvalue weighted by molar-refractivity contribution is 7.89. The van der Waals surface area contributed by atoms with E-state index in [1.165, 1.54) is 21.2 Å². The van der Waals surface area contributed by atoms with Gasteiger partial charge >= 0.3 is 5.97 Å². The molecule has 3 heterocycles. The molecule has 4 aromatic rings. The van der Waals surface area contributed by atoms with E-state index in [4.69, 9.17) is 16.3 Å². The van der Waals surface area contributed by atoms with E-state index in [2.05, 4.69) is 27.4 Å². The standard InChI is InChI=1S/C31H35ClN6O5S2/c1-4-7-21-8-10-22(11-9-21)18-33-29(39)24-19-37(16-17-38(24)45(41,42)23-14-12-20(5-2)13-15-23)31-34-25-26(30(40)43-6-3)35-36-28(32)27(25)44-31/h8-15,24H,4-7,16-19H2,1-3H3,(H,33,39). The summed E-state index contributed by atoms with van der Waals surface area (Å²) in [5, 5.41) is 11.3. The molecule has 0 saturated carbocycles. The van der Waals surface area contributed by atoms with Crippen LogP contribution in [0.15, 0.2) is 53.4 Å². The van der Waals surface area contributed by atoms with E-state index < -0.39 is 27.9 Å². The maximum atomic E-state index is 13.9. The first-order valence-electron chi connectivity index (χ1n) is 14.9. The topological polar surface area (TPSA) is 135 Å². The summed E-state index contributed by atoms with van der Waals surface area (Å²) in [5.74, 6) is -1.10. The Kier molecular flexibility index (Phi) is 10.3. The van der Waals surface area contributed by atoms with Crippen molar-refractivity contribution in [3.05, 3.63) is 76.1 Å². The Bertz CT molecular complexity index is 1780. The van der Waals surface area contributed by atoms with Gasteiger partial charge in [0.15, 0.2) is 16.0 Å². The van der Waals surface area contributed by atoms with Gasteiger partial charge in [0.2, 0.25) is 15.9 Å². The quantitative estimate of drug-likeness (QED) is 0.227. The molecule has 1 aliphatic rings. The number of hydrogen-bond donors (Lipinski definition) is 1. The van der Waals surface area contributed by atoms with Gasteiger partial charge in [-0.25, -0.2) is 18.2 Å². The smallest absolute Gasteiger partial charge is 0.361 e. The number of hydrogen-bond acceptors (Lipinski definition) is 10. The van der Waals surface area contributed by atoms with Crippen molar-refractivity contribution in [1.29, 1.82) is 0 Å². The lowest BCUT2D eigenvalue weighted by atomic mass is 10.1. The maximum absolute atomic E-state index is 13.9. The summed E-state index contributed by atoms with van der Waals surface area (Å²) in [6, 6.07) is 13.7. The van der Waals surface area contributed by atoms with Crippen molar-refractivity contribution in [3.8, 4) is 0 Å². The molecular formula is C31H35ClN6O5S2. The minimum Gasteiger partial charge on any atom is -0.461 e. The predicted octanol–water partition coefficient (Wildman–Crippen LogP) is 4.63. The number of esters is 1. The van der Waals surface area contributed by atoms with Crippen LogP contribution in [0.1, 0.15) is 54.4 Å². The van der Waals surface area contributed by atoms with Crippen LogP contribution in [0.3, 0.4) is 0 Å². The van der Waals surface area contributed by atoms with Gasteiger partial charge in [-0.1, -0.05) is 79.6 Å². The van der Waals surface area contributed by atoms with E-state index in [-0.39, 0.29) is 54.0 Å². The summed E-state index contributed by atoms with van der Waals surface area (Å²) in [7, 11) is -4.01. The third kappa shape index (κ3) is 7.11. The Morgan fingerprint density at radius 1 is 1.00 bits per heavy atom. The minimum absolute atomic E-state index is 0.0284. The average molecular weight is 671 g/mol. The molecule has 1 amide bonds. The zero-order chi connectivity index (χ0) is 32.1. The number of nitrogens with zero attached hydrogens (tertiary/aromatic N) is 5. The molecule has 2 aromatic carbocycles. The fraction of sp³-hybridized carbons (Fsp3) is 0.387. The fourth-order valence-electron chi connectivity index (χ4n) is 5.16. The van der Waals surface area contributed by atoms with Crippen LogP contribution >= 0.6 is 22.9 Å². The van der Waals surface area contributed by atoms with Gasteiger partial charge in [-0.05, 0) is 48.6 Å². The first-order valence-corrected chi connectivity index (χ1v) is 17.5. The third-order valence-electron chi connectivity index (χ3n) is 7.61. The molecule has 1 fully saturated rings. The largest absolute Gasteiger partial charge is 0.461 e. The van der Waals surface area contributed by atoms with E-state index in [9.17, 15) is 18.0 Å². The number of ether oxygens (including phenoxy) is 1. The number of aryl methyl sites for hydroxylation is 2. The van der Waals surface area contributed by atoms with Crippen LogP contribution in [0, 0.1) is 0 Å². The lowest BCUT2D eigenvalue weighted by molar-refractivity contribution is -0.125. The molecule has 1 unspecified atom stereocenters. The first kappa shape index (κ1) is 32.7. The number of aromatic nitrogens is 3. The van der Waals surface area contributed by atoms with Gasteiger partial charge < -0.3 is 15.0 Å². The summed E-state index contributed by atoms with van der Waals surface area (Å²) in [4.78, 5) is 32.9. The molecular weight excluding hydrogens is 636 g/mol. The van der Waals surface area contributed by atoms with E-state index >= 15 is 0 Å². The monoisotopic (exact) mass is 670 g/mol. The first-order chi connectivity index (χ1) is 21.7. The Hall–Kier alpha value is -3.65. The number of sulfonamides is 1. The number of carbonyl (C=O) groups is 2. The summed E-state index contributed by atoms with van der Waals surface area (Å²) in [6.45, 7) is 6.52. The minimum atomic E-state index is -4.01. The molecule has 1 aliphatic heterocycles. The number of nitrogens with one attached hydrogen (secondary N) is 1. The number of benzene rings is 2. The number of thiazole rings is 1. The summed E-state index contributed by atoms with van der Waals surface area (Å²) < 4.78 is 34.6. The molecule has 5 rings (SSSR count). The van der Waals surface area contributed by atoms with E-state index in [1.807, 2.05) is 36.1 Å². The van der Waals surface area contributed by atoms with Crippen molar-refractivity contribution >= 4 is 60.2 Å². The third-order valence-corrected chi connectivity index (χ3v) is 11.0. The second-order valence-electron chi connectivity index (χ2n) is 10.6. The number of rotatable bonds is 11. The van der Waals surface area contributed by atoms with Gasteiger partial charge in [0.05, 0.1) is 16.2 Å². The zero-order valence-electron chi connectivity index (χ0n) is 25.3. The summed E-state index contributed by atoms with van der Waals surface area (Å²) >= 11 is 7.51. The van der Waals surface area contributed by atoms with Gasteiger partial charge in [0, 0.05) is 26.2 Å². The predicted molar refractivity (Wildman–Crippen MR) is 174 cm³/mol. The van der Waals surface area contributed by atoms with E-state index in [0.29, 0.717) is 9.83 Å². The van der Waals surface area contributed by atoms with Crippen LogP contribution in [0.5, 0.6) is 0 Å². The highest BCUT2D eigenvalue weighted by Crippen LogP contribution is 2.35.